The summed E-state index contributed by atoms with van der Waals surface area (Å²) in [6.45, 7) is 0. The van der Waals surface area contributed by atoms with Gasteiger partial charge in [-0.15, -0.1) is 0 Å². The van der Waals surface area contributed by atoms with Gasteiger partial charge in [-0.25, -0.2) is 17.9 Å². The Balaban J connectivity index is 1.93. The van der Waals surface area contributed by atoms with Crippen LogP contribution in [0.1, 0.15) is 15.9 Å². The summed E-state index contributed by atoms with van der Waals surface area (Å²) in [7, 11) is -3.87. The number of aromatic hydroxyl groups is 1. The highest BCUT2D eigenvalue weighted by Crippen LogP contribution is 2.30. The summed E-state index contributed by atoms with van der Waals surface area (Å²) >= 11 is 5.89. The molecule has 0 fully saturated rings. The molecule has 0 saturated carbocycles. The molecule has 0 amide bonds. The molecule has 5 N–H and O–H groups in total. The van der Waals surface area contributed by atoms with Crippen molar-refractivity contribution in [1.29, 1.82) is 0 Å². The number of allylic oxidation sites excluding steroid dienone is 1. The fourth-order valence-electron chi connectivity index (χ4n) is 2.79. The topological polar surface area (TPSA) is 123 Å². The Morgan fingerprint density at radius 2 is 1.67 bits per heavy atom. The van der Waals surface area contributed by atoms with Gasteiger partial charge in [-0.3, -0.25) is 4.79 Å². The first-order chi connectivity index (χ1) is 14.1. The Hall–Kier alpha value is -3.20. The van der Waals surface area contributed by atoms with E-state index in [1.807, 2.05) is 0 Å². The SMILES string of the molecule is N/C(=C\C(=O)c1ccc(F)cc1Cl)c1ccc(-c2cccc(S(N)(=O)=O)c2)cc1O. The number of halogens is 2. The normalized spacial score (nSPS) is 12.0. The van der Waals surface area contributed by atoms with Gasteiger partial charge in [0.2, 0.25) is 10.0 Å². The van der Waals surface area contributed by atoms with Crippen LogP contribution in [0.2, 0.25) is 5.02 Å². The molecule has 6 nitrogen and oxygen atoms in total. The maximum Gasteiger partial charge on any atom is 0.238 e. The zero-order valence-corrected chi connectivity index (χ0v) is 16.9. The number of sulfonamides is 1. The van der Waals surface area contributed by atoms with Crippen molar-refractivity contribution in [2.75, 3.05) is 0 Å². The van der Waals surface area contributed by atoms with Crippen LogP contribution in [0.15, 0.2) is 71.6 Å². The van der Waals surface area contributed by atoms with Gasteiger partial charge >= 0.3 is 0 Å². The van der Waals surface area contributed by atoms with E-state index in [0.29, 0.717) is 11.1 Å². The number of phenols is 1. The first-order valence-corrected chi connectivity index (χ1v) is 10.4. The highest BCUT2D eigenvalue weighted by molar-refractivity contribution is 7.89. The molecule has 9 heteroatoms. The van der Waals surface area contributed by atoms with Gasteiger partial charge in [-0.1, -0.05) is 29.8 Å². The minimum absolute atomic E-state index is 0.0253. The summed E-state index contributed by atoms with van der Waals surface area (Å²) in [5.41, 5.74) is 7.21. The average molecular weight is 447 g/mol. The summed E-state index contributed by atoms with van der Waals surface area (Å²) in [5.74, 6) is -1.35. The molecule has 0 aliphatic rings. The number of carbonyl (C=O) groups excluding carboxylic acids is 1. The van der Waals surface area contributed by atoms with Crippen molar-refractivity contribution in [2.24, 2.45) is 10.9 Å². The Morgan fingerprint density at radius 1 is 1.00 bits per heavy atom. The smallest absolute Gasteiger partial charge is 0.238 e. The molecule has 0 radical (unpaired) electrons. The van der Waals surface area contributed by atoms with Crippen molar-refractivity contribution >= 4 is 33.1 Å². The van der Waals surface area contributed by atoms with Crippen molar-refractivity contribution in [2.45, 2.75) is 4.90 Å². The van der Waals surface area contributed by atoms with Crippen LogP contribution in [-0.4, -0.2) is 19.3 Å². The van der Waals surface area contributed by atoms with Gasteiger partial charge in [0.15, 0.2) is 5.78 Å². The second-order valence-corrected chi connectivity index (χ2v) is 8.36. The number of hydrogen-bond acceptors (Lipinski definition) is 5. The molecular weight excluding hydrogens is 431 g/mol. The molecule has 3 aromatic carbocycles. The fraction of sp³-hybridized carbons (Fsp3) is 0. The molecule has 0 aliphatic heterocycles. The second-order valence-electron chi connectivity index (χ2n) is 6.39. The van der Waals surface area contributed by atoms with Gasteiger partial charge < -0.3 is 10.8 Å². The molecule has 0 atom stereocenters. The molecule has 3 aromatic rings. The molecule has 0 bridgehead atoms. The van der Waals surface area contributed by atoms with Gasteiger partial charge in [0.1, 0.15) is 11.6 Å². The maximum absolute atomic E-state index is 13.2. The third kappa shape index (κ3) is 4.68. The van der Waals surface area contributed by atoms with Gasteiger partial charge in [0, 0.05) is 22.9 Å². The number of rotatable bonds is 5. The monoisotopic (exact) mass is 446 g/mol. The molecule has 0 saturated heterocycles. The number of primary sulfonamides is 1. The highest BCUT2D eigenvalue weighted by Gasteiger charge is 2.14. The molecular formula is C21H16ClFN2O4S. The van der Waals surface area contributed by atoms with Gasteiger partial charge in [0.25, 0.3) is 0 Å². The lowest BCUT2D eigenvalue weighted by molar-refractivity contribution is 0.104. The van der Waals surface area contributed by atoms with E-state index in [1.54, 1.807) is 12.1 Å². The summed E-state index contributed by atoms with van der Waals surface area (Å²) in [6, 6.07) is 13.8. The molecule has 0 spiro atoms. The van der Waals surface area contributed by atoms with Crippen LogP contribution in [0, 0.1) is 5.82 Å². The predicted octanol–water partition coefficient (Wildman–Crippen LogP) is 3.68. The minimum Gasteiger partial charge on any atom is -0.507 e. The minimum atomic E-state index is -3.87. The first kappa shape index (κ1) is 21.5. The Labute approximate surface area is 177 Å². The van der Waals surface area contributed by atoms with E-state index in [9.17, 15) is 22.7 Å². The van der Waals surface area contributed by atoms with Crippen molar-refractivity contribution in [1.82, 2.24) is 0 Å². The van der Waals surface area contributed by atoms with Crippen LogP contribution < -0.4 is 10.9 Å². The van der Waals surface area contributed by atoms with Crippen LogP contribution in [0.25, 0.3) is 16.8 Å². The predicted molar refractivity (Wildman–Crippen MR) is 113 cm³/mol. The Morgan fingerprint density at radius 3 is 2.30 bits per heavy atom. The highest BCUT2D eigenvalue weighted by atomic mass is 35.5. The third-order valence-corrected chi connectivity index (χ3v) is 5.51. The summed E-state index contributed by atoms with van der Waals surface area (Å²) in [6.07, 6.45) is 1.08. The second kappa shape index (κ2) is 8.27. The quantitative estimate of drug-likeness (QED) is 0.407. The van der Waals surface area contributed by atoms with E-state index in [-0.39, 0.29) is 32.5 Å². The van der Waals surface area contributed by atoms with Crippen LogP contribution in [-0.2, 0) is 10.0 Å². The van der Waals surface area contributed by atoms with E-state index in [4.69, 9.17) is 22.5 Å². The number of nitrogens with two attached hydrogens (primary N) is 2. The number of benzene rings is 3. The van der Waals surface area contributed by atoms with Crippen molar-refractivity contribution in [3.05, 3.63) is 88.7 Å². The van der Waals surface area contributed by atoms with Crippen LogP contribution in [0.5, 0.6) is 5.75 Å². The van der Waals surface area contributed by atoms with E-state index in [1.165, 1.54) is 36.4 Å². The summed E-state index contributed by atoms with van der Waals surface area (Å²) in [5, 5.41) is 15.5. The number of phenolic OH excluding ortho intramolecular Hbond substituents is 1. The third-order valence-electron chi connectivity index (χ3n) is 4.29. The van der Waals surface area contributed by atoms with Crippen LogP contribution in [0.3, 0.4) is 0 Å². The standard InChI is InChI=1S/C21H16ClFN2O4S/c22-18-10-14(23)5-7-16(18)21(27)11-19(24)17-6-4-13(9-20(17)26)12-2-1-3-15(8-12)30(25,28)29/h1-11,26H,24H2,(H2,25,28,29)/b19-11-. The molecule has 0 unspecified atom stereocenters. The average Bonchev–Trinajstić information content (AvgIpc) is 2.67. The van der Waals surface area contributed by atoms with Gasteiger partial charge in [-0.05, 0) is 53.6 Å². The lowest BCUT2D eigenvalue weighted by Gasteiger charge is -2.09. The van der Waals surface area contributed by atoms with Gasteiger partial charge in [0.05, 0.1) is 9.92 Å². The van der Waals surface area contributed by atoms with E-state index in [0.717, 1.165) is 18.2 Å². The molecule has 154 valence electrons. The molecule has 0 heterocycles. The number of hydrogen-bond donors (Lipinski definition) is 3. The van der Waals surface area contributed by atoms with Crippen LogP contribution in [0.4, 0.5) is 4.39 Å². The number of carbonyl (C=O) groups is 1. The Bertz CT molecular complexity index is 1290. The van der Waals surface area contributed by atoms with Crippen molar-refractivity contribution in [3.63, 3.8) is 0 Å². The molecule has 0 aliphatic carbocycles. The van der Waals surface area contributed by atoms with Crippen LogP contribution >= 0.6 is 11.6 Å². The maximum atomic E-state index is 13.2. The van der Waals surface area contributed by atoms with E-state index >= 15 is 0 Å². The molecule has 3 rings (SSSR count). The van der Waals surface area contributed by atoms with E-state index < -0.39 is 21.6 Å². The fourth-order valence-corrected chi connectivity index (χ4v) is 3.61. The Kier molecular flexibility index (Phi) is 5.93. The summed E-state index contributed by atoms with van der Waals surface area (Å²) < 4.78 is 36.2. The van der Waals surface area contributed by atoms with Gasteiger partial charge in [-0.2, -0.15) is 0 Å². The van der Waals surface area contributed by atoms with Crippen molar-refractivity contribution < 1.29 is 22.7 Å². The number of ketones is 1. The lowest BCUT2D eigenvalue weighted by Crippen LogP contribution is -2.11. The zero-order valence-electron chi connectivity index (χ0n) is 15.3. The lowest BCUT2D eigenvalue weighted by atomic mass is 10.0. The van der Waals surface area contributed by atoms with Crippen molar-refractivity contribution in [3.8, 4) is 16.9 Å². The first-order valence-electron chi connectivity index (χ1n) is 8.49. The zero-order chi connectivity index (χ0) is 22.1. The molecule has 30 heavy (non-hydrogen) atoms. The van der Waals surface area contributed by atoms with E-state index in [2.05, 4.69) is 0 Å². The molecule has 0 aromatic heterocycles. The largest absolute Gasteiger partial charge is 0.507 e. The summed E-state index contributed by atoms with van der Waals surface area (Å²) in [4.78, 5) is 12.3.